The monoisotopic (exact) mass is 252 g/mol. The molecule has 1 aliphatic heterocycles. The van der Waals surface area contributed by atoms with Gasteiger partial charge in [-0.15, -0.1) is 0 Å². The number of unbranched alkanes of at least 4 members (excludes halogenated alkanes) is 1. The minimum Gasteiger partial charge on any atom is -0.372 e. The lowest BCUT2D eigenvalue weighted by Crippen LogP contribution is -2.37. The molecule has 1 saturated carbocycles. The molecule has 0 bridgehead atoms. The Bertz CT molecular complexity index is 255. The van der Waals surface area contributed by atoms with Crippen molar-refractivity contribution in [3.8, 4) is 0 Å². The summed E-state index contributed by atoms with van der Waals surface area (Å²) in [5.41, 5.74) is 0.780. The van der Waals surface area contributed by atoms with Crippen molar-refractivity contribution in [1.29, 1.82) is 0 Å². The molecule has 2 rings (SSSR count). The molecule has 0 amide bonds. The average molecular weight is 252 g/mol. The van der Waals surface area contributed by atoms with E-state index < -0.39 is 0 Å². The summed E-state index contributed by atoms with van der Waals surface area (Å²) in [6.45, 7) is 9.47. The molecule has 1 unspecified atom stereocenters. The molecule has 0 aromatic carbocycles. The molecule has 0 aromatic heterocycles. The highest BCUT2D eigenvalue weighted by molar-refractivity contribution is 4.95. The summed E-state index contributed by atoms with van der Waals surface area (Å²) in [6, 6.07) is 0. The summed E-state index contributed by atoms with van der Waals surface area (Å²) in [7, 11) is 0. The number of hydrogen-bond acceptors (Lipinski definition) is 1. The summed E-state index contributed by atoms with van der Waals surface area (Å²) in [4.78, 5) is 0. The van der Waals surface area contributed by atoms with Crippen LogP contribution < -0.4 is 0 Å². The lowest BCUT2D eigenvalue weighted by Gasteiger charge is -2.42. The van der Waals surface area contributed by atoms with Crippen LogP contribution in [0, 0.1) is 11.3 Å². The Labute approximate surface area is 114 Å². The van der Waals surface area contributed by atoms with E-state index in [9.17, 15) is 0 Å². The number of rotatable bonds is 3. The molecular weight excluding hydrogens is 220 g/mol. The summed E-state index contributed by atoms with van der Waals surface area (Å²) in [6.07, 6.45) is 12.6. The summed E-state index contributed by atoms with van der Waals surface area (Å²) >= 11 is 0. The van der Waals surface area contributed by atoms with Crippen LogP contribution >= 0.6 is 0 Å². The molecule has 1 nitrogen and oxygen atoms in total. The maximum Gasteiger partial charge on any atom is 0.0687 e. The van der Waals surface area contributed by atoms with Crippen molar-refractivity contribution in [2.45, 2.75) is 97.2 Å². The molecule has 2 fully saturated rings. The van der Waals surface area contributed by atoms with Gasteiger partial charge < -0.3 is 4.74 Å². The van der Waals surface area contributed by atoms with Crippen LogP contribution in [-0.2, 0) is 4.74 Å². The third-order valence-corrected chi connectivity index (χ3v) is 5.34. The fourth-order valence-electron chi connectivity index (χ4n) is 3.91. The molecule has 0 radical (unpaired) electrons. The van der Waals surface area contributed by atoms with Crippen LogP contribution in [0.2, 0.25) is 0 Å². The van der Waals surface area contributed by atoms with E-state index in [1.54, 1.807) is 0 Å². The van der Waals surface area contributed by atoms with Crippen molar-refractivity contribution in [1.82, 2.24) is 0 Å². The Kier molecular flexibility index (Phi) is 4.41. The third-order valence-electron chi connectivity index (χ3n) is 5.34. The van der Waals surface area contributed by atoms with Crippen molar-refractivity contribution in [3.63, 3.8) is 0 Å². The first kappa shape index (κ1) is 14.4. The van der Waals surface area contributed by atoms with E-state index >= 15 is 0 Å². The Hall–Kier alpha value is -0.0400. The van der Waals surface area contributed by atoms with Crippen LogP contribution in [0.3, 0.4) is 0 Å². The molecule has 1 saturated heterocycles. The van der Waals surface area contributed by atoms with E-state index in [4.69, 9.17) is 4.74 Å². The minimum atomic E-state index is 0.292. The molecule has 18 heavy (non-hydrogen) atoms. The van der Waals surface area contributed by atoms with Crippen LogP contribution in [0.5, 0.6) is 0 Å². The second-order valence-corrected chi connectivity index (χ2v) is 7.74. The zero-order valence-corrected chi connectivity index (χ0v) is 12.9. The standard InChI is InChI=1S/C17H32O/c1-5-6-7-15-10-13-17(18-15)11-8-14(9-12-17)16(2,3)4/h14-15H,5-13H2,1-4H3. The van der Waals surface area contributed by atoms with Crippen molar-refractivity contribution in [3.05, 3.63) is 0 Å². The van der Waals surface area contributed by atoms with Crippen LogP contribution in [0.4, 0.5) is 0 Å². The predicted molar refractivity (Wildman–Crippen MR) is 77.8 cm³/mol. The van der Waals surface area contributed by atoms with Crippen LogP contribution in [0.25, 0.3) is 0 Å². The topological polar surface area (TPSA) is 9.23 Å². The van der Waals surface area contributed by atoms with Gasteiger partial charge in [0.1, 0.15) is 0 Å². The van der Waals surface area contributed by atoms with Gasteiger partial charge in [0.15, 0.2) is 0 Å². The van der Waals surface area contributed by atoms with Crippen LogP contribution in [0.15, 0.2) is 0 Å². The van der Waals surface area contributed by atoms with Gasteiger partial charge in [-0.1, -0.05) is 40.5 Å². The first-order valence-corrected chi connectivity index (χ1v) is 8.13. The first-order valence-electron chi connectivity index (χ1n) is 8.13. The van der Waals surface area contributed by atoms with E-state index in [0.717, 1.165) is 5.92 Å². The molecular formula is C17H32O. The van der Waals surface area contributed by atoms with E-state index in [0.29, 0.717) is 17.1 Å². The molecule has 0 aromatic rings. The Morgan fingerprint density at radius 1 is 1.06 bits per heavy atom. The highest BCUT2D eigenvalue weighted by Gasteiger charge is 2.44. The highest BCUT2D eigenvalue weighted by atomic mass is 16.5. The summed E-state index contributed by atoms with van der Waals surface area (Å²) in [5.74, 6) is 0.904. The molecule has 2 aliphatic rings. The maximum atomic E-state index is 6.45. The van der Waals surface area contributed by atoms with Gasteiger partial charge in [-0.05, 0) is 56.3 Å². The highest BCUT2D eigenvalue weighted by Crippen LogP contribution is 2.48. The first-order chi connectivity index (χ1) is 8.45. The quantitative estimate of drug-likeness (QED) is 0.659. The smallest absolute Gasteiger partial charge is 0.0687 e. The van der Waals surface area contributed by atoms with Crippen molar-refractivity contribution >= 4 is 0 Å². The lowest BCUT2D eigenvalue weighted by molar-refractivity contribution is -0.0811. The van der Waals surface area contributed by atoms with Crippen molar-refractivity contribution in [2.75, 3.05) is 0 Å². The molecule has 1 heteroatoms. The van der Waals surface area contributed by atoms with Gasteiger partial charge in [-0.25, -0.2) is 0 Å². The van der Waals surface area contributed by atoms with Crippen LogP contribution in [0.1, 0.15) is 85.5 Å². The summed E-state index contributed by atoms with van der Waals surface area (Å²) < 4.78 is 6.45. The molecule has 106 valence electrons. The van der Waals surface area contributed by atoms with Gasteiger partial charge in [-0.3, -0.25) is 0 Å². The van der Waals surface area contributed by atoms with Gasteiger partial charge in [-0.2, -0.15) is 0 Å². The second-order valence-electron chi connectivity index (χ2n) is 7.74. The molecule has 1 aliphatic carbocycles. The fourth-order valence-corrected chi connectivity index (χ4v) is 3.91. The Morgan fingerprint density at radius 3 is 2.22 bits per heavy atom. The van der Waals surface area contributed by atoms with Gasteiger partial charge in [0.2, 0.25) is 0 Å². The van der Waals surface area contributed by atoms with E-state index in [2.05, 4.69) is 27.7 Å². The fraction of sp³-hybridized carbons (Fsp3) is 1.00. The largest absolute Gasteiger partial charge is 0.372 e. The summed E-state index contributed by atoms with van der Waals surface area (Å²) in [5, 5.41) is 0. The zero-order chi connectivity index (χ0) is 13.2. The molecule has 0 N–H and O–H groups in total. The number of ether oxygens (including phenoxy) is 1. The van der Waals surface area contributed by atoms with E-state index in [1.807, 2.05) is 0 Å². The minimum absolute atomic E-state index is 0.292. The average Bonchev–Trinajstić information content (AvgIpc) is 2.69. The SMILES string of the molecule is CCCCC1CCC2(CCC(C(C)(C)C)CC2)O1. The molecule has 1 spiro atoms. The van der Waals surface area contributed by atoms with Crippen molar-refractivity contribution in [2.24, 2.45) is 11.3 Å². The van der Waals surface area contributed by atoms with Gasteiger partial charge >= 0.3 is 0 Å². The predicted octanol–water partition coefficient (Wildman–Crippen LogP) is 5.33. The Balaban J connectivity index is 1.82. The normalized spacial score (nSPS) is 37.3. The van der Waals surface area contributed by atoms with E-state index in [1.165, 1.54) is 57.8 Å². The Morgan fingerprint density at radius 2 is 1.67 bits per heavy atom. The van der Waals surface area contributed by atoms with Gasteiger partial charge in [0, 0.05) is 0 Å². The molecule has 1 atom stereocenters. The number of hydrogen-bond donors (Lipinski definition) is 0. The second kappa shape index (κ2) is 5.53. The maximum absolute atomic E-state index is 6.45. The molecule has 1 heterocycles. The third kappa shape index (κ3) is 3.29. The van der Waals surface area contributed by atoms with Gasteiger partial charge in [0.25, 0.3) is 0 Å². The van der Waals surface area contributed by atoms with Crippen molar-refractivity contribution < 1.29 is 4.74 Å². The zero-order valence-electron chi connectivity index (χ0n) is 12.9. The van der Waals surface area contributed by atoms with E-state index in [-0.39, 0.29) is 0 Å². The lowest BCUT2D eigenvalue weighted by atomic mass is 9.68. The van der Waals surface area contributed by atoms with Crippen LogP contribution in [-0.4, -0.2) is 11.7 Å². The van der Waals surface area contributed by atoms with Gasteiger partial charge in [0.05, 0.1) is 11.7 Å².